The first-order valence-corrected chi connectivity index (χ1v) is 9.44. The number of hydrogen-bond donors (Lipinski definition) is 0. The molecule has 0 N–H and O–H groups in total. The molecule has 28 heavy (non-hydrogen) atoms. The smallest absolute Gasteiger partial charge is 0.343 e. The van der Waals surface area contributed by atoms with Gasteiger partial charge in [0, 0.05) is 0 Å². The average Bonchev–Trinajstić information content (AvgIpc) is 3.60. The molecule has 2 aromatic carbocycles. The molecule has 4 rings (SSSR count). The lowest BCUT2D eigenvalue weighted by Gasteiger charge is -2.18. The first-order valence-electron chi connectivity index (χ1n) is 9.44. The van der Waals surface area contributed by atoms with E-state index in [-0.39, 0.29) is 23.9 Å². The molecule has 0 aromatic heterocycles. The molecule has 6 nitrogen and oxygen atoms in total. The Bertz CT molecular complexity index is 821. The first-order chi connectivity index (χ1) is 13.4. The number of hydrogen-bond acceptors (Lipinski definition) is 6. The summed E-state index contributed by atoms with van der Waals surface area (Å²) < 4.78 is 27.6. The van der Waals surface area contributed by atoms with Gasteiger partial charge in [-0.25, -0.2) is 4.79 Å². The summed E-state index contributed by atoms with van der Waals surface area (Å²) in [4.78, 5) is 12.3. The lowest BCUT2D eigenvalue weighted by Crippen LogP contribution is -2.29. The Labute approximate surface area is 164 Å². The van der Waals surface area contributed by atoms with E-state index in [1.165, 1.54) is 0 Å². The molecule has 0 aliphatic carbocycles. The Morgan fingerprint density at radius 1 is 1.00 bits per heavy atom. The van der Waals surface area contributed by atoms with Crippen LogP contribution in [-0.2, 0) is 9.47 Å². The number of epoxide rings is 2. The molecule has 0 amide bonds. The van der Waals surface area contributed by atoms with Crippen molar-refractivity contribution in [2.75, 3.05) is 13.2 Å². The summed E-state index contributed by atoms with van der Waals surface area (Å²) in [5.41, 5.74) is 0.241. The van der Waals surface area contributed by atoms with E-state index in [2.05, 4.69) is 0 Å². The van der Waals surface area contributed by atoms with Crippen LogP contribution in [0.25, 0.3) is 0 Å². The fourth-order valence-corrected chi connectivity index (χ4v) is 2.72. The van der Waals surface area contributed by atoms with Crippen LogP contribution < -0.4 is 14.2 Å². The zero-order valence-corrected chi connectivity index (χ0v) is 16.2. The molecule has 0 bridgehead atoms. The van der Waals surface area contributed by atoms with E-state index in [0.717, 1.165) is 6.61 Å². The molecule has 2 heterocycles. The predicted octanol–water partition coefficient (Wildman–Crippen LogP) is 3.63. The number of rotatable bonds is 8. The van der Waals surface area contributed by atoms with E-state index in [9.17, 15) is 4.79 Å². The van der Waals surface area contributed by atoms with Gasteiger partial charge in [-0.05, 0) is 69.3 Å². The Kier molecular flexibility index (Phi) is 5.00. The molecule has 2 aliphatic rings. The SMILES string of the molecule is CC(Oc1ccc(OC(=O)c2ccc(OC(C)C3(C)CO3)cc2)cc1)C1CO1. The van der Waals surface area contributed by atoms with Crippen molar-refractivity contribution >= 4 is 5.97 Å². The molecule has 4 unspecified atom stereocenters. The van der Waals surface area contributed by atoms with Crippen LogP contribution >= 0.6 is 0 Å². The maximum absolute atomic E-state index is 12.3. The van der Waals surface area contributed by atoms with Gasteiger partial charge < -0.3 is 23.7 Å². The second-order valence-corrected chi connectivity index (χ2v) is 7.44. The topological polar surface area (TPSA) is 69.8 Å². The monoisotopic (exact) mass is 384 g/mol. The standard InChI is InChI=1S/C22H24O6/c1-14(20-12-24-20)26-17-8-10-19(11-9-17)28-21(23)16-4-6-18(7-5-16)27-15(2)22(3)13-25-22/h4-11,14-15,20H,12-13H2,1-3H3. The third kappa shape index (κ3) is 4.46. The number of carbonyl (C=O) groups excluding carboxylic acids is 1. The quantitative estimate of drug-likeness (QED) is 0.393. The van der Waals surface area contributed by atoms with Gasteiger partial charge in [-0.1, -0.05) is 0 Å². The van der Waals surface area contributed by atoms with E-state index in [1.54, 1.807) is 48.5 Å². The van der Waals surface area contributed by atoms with Crippen LogP contribution in [0.2, 0.25) is 0 Å². The molecule has 2 saturated heterocycles. The van der Waals surface area contributed by atoms with Crippen molar-refractivity contribution in [3.05, 3.63) is 54.1 Å². The highest BCUT2D eigenvalue weighted by atomic mass is 16.6. The molecule has 148 valence electrons. The highest BCUT2D eigenvalue weighted by Gasteiger charge is 2.46. The summed E-state index contributed by atoms with van der Waals surface area (Å²) in [6.45, 7) is 7.40. The van der Waals surface area contributed by atoms with Crippen LogP contribution in [0.1, 0.15) is 31.1 Å². The Balaban J connectivity index is 1.31. The summed E-state index contributed by atoms with van der Waals surface area (Å²) in [6.07, 6.45) is 0.123. The van der Waals surface area contributed by atoms with Gasteiger partial charge in [-0.2, -0.15) is 0 Å². The molecule has 2 aliphatic heterocycles. The highest BCUT2D eigenvalue weighted by molar-refractivity contribution is 5.91. The van der Waals surface area contributed by atoms with Gasteiger partial charge in [0.1, 0.15) is 41.2 Å². The number of esters is 1. The Morgan fingerprint density at radius 3 is 2.11 bits per heavy atom. The first kappa shape index (κ1) is 18.8. The van der Waals surface area contributed by atoms with Crippen LogP contribution in [0, 0.1) is 0 Å². The summed E-state index contributed by atoms with van der Waals surface area (Å²) in [7, 11) is 0. The molecule has 6 heteroatoms. The molecule has 0 spiro atoms. The van der Waals surface area contributed by atoms with E-state index in [1.807, 2.05) is 20.8 Å². The molecule has 0 radical (unpaired) electrons. The van der Waals surface area contributed by atoms with Gasteiger partial charge in [0.2, 0.25) is 0 Å². The molecule has 2 fully saturated rings. The fourth-order valence-electron chi connectivity index (χ4n) is 2.72. The van der Waals surface area contributed by atoms with Gasteiger partial charge in [-0.3, -0.25) is 0 Å². The lowest BCUT2D eigenvalue weighted by atomic mass is 10.1. The Hall–Kier alpha value is -2.57. The second kappa shape index (κ2) is 7.45. The predicted molar refractivity (Wildman–Crippen MR) is 102 cm³/mol. The van der Waals surface area contributed by atoms with Crippen molar-refractivity contribution in [1.29, 1.82) is 0 Å². The zero-order chi connectivity index (χ0) is 19.7. The number of carbonyl (C=O) groups is 1. The van der Waals surface area contributed by atoms with Crippen molar-refractivity contribution < 1.29 is 28.5 Å². The minimum absolute atomic E-state index is 0.00548. The highest BCUT2D eigenvalue weighted by Crippen LogP contribution is 2.32. The van der Waals surface area contributed by atoms with Gasteiger partial charge in [0.05, 0.1) is 18.8 Å². The number of ether oxygens (including phenoxy) is 5. The maximum Gasteiger partial charge on any atom is 0.343 e. The lowest BCUT2D eigenvalue weighted by molar-refractivity contribution is 0.0734. The molecule has 0 saturated carbocycles. The van der Waals surface area contributed by atoms with Crippen LogP contribution in [-0.4, -0.2) is 43.1 Å². The van der Waals surface area contributed by atoms with Gasteiger partial charge >= 0.3 is 5.97 Å². The van der Waals surface area contributed by atoms with E-state index < -0.39 is 5.97 Å². The summed E-state index contributed by atoms with van der Waals surface area (Å²) in [5.74, 6) is 1.44. The third-order valence-corrected chi connectivity index (χ3v) is 5.10. The maximum atomic E-state index is 12.3. The van der Waals surface area contributed by atoms with Gasteiger partial charge in [0.25, 0.3) is 0 Å². The fraction of sp³-hybridized carbons (Fsp3) is 0.409. The van der Waals surface area contributed by atoms with Gasteiger partial charge in [-0.15, -0.1) is 0 Å². The number of benzene rings is 2. The van der Waals surface area contributed by atoms with Crippen LogP contribution in [0.4, 0.5) is 0 Å². The normalized spacial score (nSPS) is 24.8. The van der Waals surface area contributed by atoms with Crippen molar-refractivity contribution in [1.82, 2.24) is 0 Å². The summed E-state index contributed by atoms with van der Waals surface area (Å²) >= 11 is 0. The van der Waals surface area contributed by atoms with Crippen LogP contribution in [0.5, 0.6) is 17.2 Å². The van der Waals surface area contributed by atoms with Crippen molar-refractivity contribution in [2.24, 2.45) is 0 Å². The van der Waals surface area contributed by atoms with E-state index >= 15 is 0 Å². The van der Waals surface area contributed by atoms with E-state index in [4.69, 9.17) is 23.7 Å². The third-order valence-electron chi connectivity index (χ3n) is 5.10. The van der Waals surface area contributed by atoms with Crippen molar-refractivity contribution in [3.8, 4) is 17.2 Å². The van der Waals surface area contributed by atoms with Crippen molar-refractivity contribution in [3.63, 3.8) is 0 Å². The molecule has 2 aromatic rings. The summed E-state index contributed by atoms with van der Waals surface area (Å²) in [6, 6.07) is 13.9. The Morgan fingerprint density at radius 2 is 1.54 bits per heavy atom. The minimum atomic E-state index is -0.425. The molecule has 4 atom stereocenters. The average molecular weight is 384 g/mol. The van der Waals surface area contributed by atoms with E-state index in [0.29, 0.717) is 29.4 Å². The largest absolute Gasteiger partial charge is 0.488 e. The van der Waals surface area contributed by atoms with Gasteiger partial charge in [0.15, 0.2) is 0 Å². The van der Waals surface area contributed by atoms with Crippen molar-refractivity contribution in [2.45, 2.75) is 44.7 Å². The molecular formula is C22H24O6. The minimum Gasteiger partial charge on any atom is -0.488 e. The second-order valence-electron chi connectivity index (χ2n) is 7.44. The summed E-state index contributed by atoms with van der Waals surface area (Å²) in [5, 5.41) is 0. The molecular weight excluding hydrogens is 360 g/mol. The van der Waals surface area contributed by atoms with Crippen LogP contribution in [0.15, 0.2) is 48.5 Å². The van der Waals surface area contributed by atoms with Crippen LogP contribution in [0.3, 0.4) is 0 Å². The zero-order valence-electron chi connectivity index (χ0n) is 16.2.